The van der Waals surface area contributed by atoms with Crippen molar-refractivity contribution in [1.82, 2.24) is 25.1 Å². The van der Waals surface area contributed by atoms with E-state index in [4.69, 9.17) is 0 Å². The van der Waals surface area contributed by atoms with Crippen molar-refractivity contribution in [3.8, 4) is 6.07 Å². The second-order valence-corrected chi connectivity index (χ2v) is 8.18. The Morgan fingerprint density at radius 1 is 1.36 bits per heavy atom. The normalized spacial score (nSPS) is 13.6. The zero-order chi connectivity index (χ0) is 20.3. The number of amides is 1. The average molecular weight is 397 g/mol. The van der Waals surface area contributed by atoms with Gasteiger partial charge in [0.2, 0.25) is 11.1 Å². The van der Waals surface area contributed by atoms with E-state index in [2.05, 4.69) is 44.1 Å². The summed E-state index contributed by atoms with van der Waals surface area (Å²) >= 11 is 1.22. The highest BCUT2D eigenvalue weighted by Crippen LogP contribution is 2.27. The molecule has 0 saturated heterocycles. The fourth-order valence-corrected chi connectivity index (χ4v) is 3.54. The number of hydrogen-bond acceptors (Lipinski definition) is 6. The summed E-state index contributed by atoms with van der Waals surface area (Å²) in [6.07, 6.45) is 0.977. The fourth-order valence-electron chi connectivity index (χ4n) is 2.96. The van der Waals surface area contributed by atoms with Crippen molar-refractivity contribution >= 4 is 39.7 Å². The number of nitriles is 1. The maximum absolute atomic E-state index is 12.3. The summed E-state index contributed by atoms with van der Waals surface area (Å²) in [5, 5.41) is 22.2. The second-order valence-electron chi connectivity index (χ2n) is 7.24. The average Bonchev–Trinajstić information content (AvgIpc) is 3.00. The predicted octanol–water partition coefficient (Wildman–Crippen LogP) is 3.54. The van der Waals surface area contributed by atoms with Crippen LogP contribution < -0.4 is 5.32 Å². The van der Waals surface area contributed by atoms with E-state index < -0.39 is 5.54 Å². The van der Waals surface area contributed by atoms with Crippen LogP contribution in [0, 0.1) is 17.2 Å². The van der Waals surface area contributed by atoms with Crippen LogP contribution in [0.4, 0.5) is 0 Å². The van der Waals surface area contributed by atoms with E-state index in [1.807, 2.05) is 32.0 Å². The van der Waals surface area contributed by atoms with Crippen LogP contribution in [-0.4, -0.2) is 36.9 Å². The van der Waals surface area contributed by atoms with Crippen LogP contribution in [0.2, 0.25) is 0 Å². The van der Waals surface area contributed by atoms with Crippen molar-refractivity contribution in [2.45, 2.75) is 51.4 Å². The Morgan fingerprint density at radius 2 is 2.11 bits per heavy atom. The molecule has 1 N–H and O–H groups in total. The quantitative estimate of drug-likeness (QED) is 0.614. The molecule has 1 aromatic carbocycles. The number of aromatic nitrogens is 4. The Morgan fingerprint density at radius 3 is 2.79 bits per heavy atom. The predicted molar refractivity (Wildman–Crippen MR) is 111 cm³/mol. The number of rotatable bonds is 7. The molecule has 7 nitrogen and oxygen atoms in total. The van der Waals surface area contributed by atoms with Gasteiger partial charge in [0.15, 0.2) is 5.65 Å². The molecule has 3 aromatic rings. The first-order valence-corrected chi connectivity index (χ1v) is 10.3. The molecule has 2 heterocycles. The van der Waals surface area contributed by atoms with E-state index in [0.717, 1.165) is 35.0 Å². The van der Waals surface area contributed by atoms with Crippen LogP contribution in [0.1, 0.15) is 34.1 Å². The summed E-state index contributed by atoms with van der Waals surface area (Å²) in [4.78, 5) is 17.0. The van der Waals surface area contributed by atoms with Crippen molar-refractivity contribution < 1.29 is 4.79 Å². The SMILES string of the molecule is CCCn1c2ccccc2c2nnc(SCC(=O)NC(C)(C#N)C(C)C)nc21. The highest BCUT2D eigenvalue weighted by Gasteiger charge is 2.30. The number of nitrogens with zero attached hydrogens (tertiary/aromatic N) is 5. The van der Waals surface area contributed by atoms with Gasteiger partial charge in [0, 0.05) is 11.9 Å². The third-order valence-corrected chi connectivity index (χ3v) is 5.76. The van der Waals surface area contributed by atoms with Gasteiger partial charge in [-0.1, -0.05) is 50.7 Å². The number of thioether (sulfide) groups is 1. The summed E-state index contributed by atoms with van der Waals surface area (Å²) in [5.74, 6) is -0.0865. The molecule has 1 atom stereocenters. The molecule has 146 valence electrons. The molecule has 0 aliphatic rings. The Labute approximate surface area is 168 Å². The van der Waals surface area contributed by atoms with Gasteiger partial charge in [0.1, 0.15) is 11.1 Å². The maximum atomic E-state index is 12.3. The maximum Gasteiger partial charge on any atom is 0.231 e. The highest BCUT2D eigenvalue weighted by molar-refractivity contribution is 7.99. The van der Waals surface area contributed by atoms with Crippen LogP contribution in [0.25, 0.3) is 22.1 Å². The monoisotopic (exact) mass is 396 g/mol. The molecule has 0 aliphatic carbocycles. The number of hydrogen-bond donors (Lipinski definition) is 1. The summed E-state index contributed by atoms with van der Waals surface area (Å²) in [7, 11) is 0. The summed E-state index contributed by atoms with van der Waals surface area (Å²) in [5.41, 5.74) is 1.75. The molecule has 0 saturated carbocycles. The number of aryl methyl sites for hydroxylation is 1. The van der Waals surface area contributed by atoms with E-state index in [9.17, 15) is 10.1 Å². The molecule has 28 heavy (non-hydrogen) atoms. The number of benzene rings is 1. The highest BCUT2D eigenvalue weighted by atomic mass is 32.2. The van der Waals surface area contributed by atoms with Gasteiger partial charge in [-0.15, -0.1) is 10.2 Å². The van der Waals surface area contributed by atoms with E-state index in [0.29, 0.717) is 5.16 Å². The van der Waals surface area contributed by atoms with E-state index >= 15 is 0 Å². The molecular formula is C20H24N6OS. The van der Waals surface area contributed by atoms with Crippen LogP contribution in [0.15, 0.2) is 29.4 Å². The standard InChI is InChI=1S/C20H24N6OS/c1-5-10-26-15-9-7-6-8-14(15)17-18(26)22-19(25-24-17)28-11-16(27)23-20(4,12-21)13(2)3/h6-9,13H,5,10-11H2,1-4H3,(H,23,27). The third-order valence-electron chi connectivity index (χ3n) is 4.92. The summed E-state index contributed by atoms with van der Waals surface area (Å²) in [6.45, 7) is 8.50. The number of fused-ring (bicyclic) bond motifs is 3. The lowest BCUT2D eigenvalue weighted by Gasteiger charge is -2.27. The van der Waals surface area contributed by atoms with Gasteiger partial charge in [-0.2, -0.15) is 5.26 Å². The van der Waals surface area contributed by atoms with E-state index in [1.165, 1.54) is 11.8 Å². The molecule has 0 radical (unpaired) electrons. The van der Waals surface area contributed by atoms with Crippen molar-refractivity contribution in [2.75, 3.05) is 5.75 Å². The molecule has 0 aliphatic heterocycles. The topological polar surface area (TPSA) is 96.5 Å². The number of carbonyl (C=O) groups is 1. The molecule has 3 rings (SSSR count). The Kier molecular flexibility index (Phi) is 5.84. The lowest BCUT2D eigenvalue weighted by atomic mass is 9.90. The van der Waals surface area contributed by atoms with Crippen molar-refractivity contribution in [1.29, 1.82) is 5.26 Å². The molecule has 0 spiro atoms. The number of carbonyl (C=O) groups excluding carboxylic acids is 1. The Hall–Kier alpha value is -2.66. The molecular weight excluding hydrogens is 372 g/mol. The molecule has 1 unspecified atom stereocenters. The fraction of sp³-hybridized carbons (Fsp3) is 0.450. The van der Waals surface area contributed by atoms with Gasteiger partial charge >= 0.3 is 0 Å². The van der Waals surface area contributed by atoms with E-state index in [1.54, 1.807) is 6.92 Å². The molecule has 0 fully saturated rings. The van der Waals surface area contributed by atoms with Gasteiger partial charge in [-0.05, 0) is 25.3 Å². The lowest BCUT2D eigenvalue weighted by molar-refractivity contribution is -0.120. The molecule has 2 aromatic heterocycles. The van der Waals surface area contributed by atoms with Crippen LogP contribution in [0.3, 0.4) is 0 Å². The smallest absolute Gasteiger partial charge is 0.231 e. The minimum Gasteiger partial charge on any atom is -0.337 e. The first-order chi connectivity index (χ1) is 13.4. The van der Waals surface area contributed by atoms with E-state index in [-0.39, 0.29) is 17.6 Å². The Bertz CT molecular complexity index is 1050. The Balaban J connectivity index is 1.83. The summed E-state index contributed by atoms with van der Waals surface area (Å²) in [6, 6.07) is 10.2. The van der Waals surface area contributed by atoms with Crippen molar-refractivity contribution in [2.24, 2.45) is 5.92 Å². The van der Waals surface area contributed by atoms with Crippen LogP contribution >= 0.6 is 11.8 Å². The molecule has 8 heteroatoms. The minimum absolute atomic E-state index is 0.00506. The number of para-hydroxylation sites is 1. The van der Waals surface area contributed by atoms with Crippen LogP contribution in [0.5, 0.6) is 0 Å². The first kappa shape index (κ1) is 20.1. The van der Waals surface area contributed by atoms with Gasteiger partial charge in [0.25, 0.3) is 0 Å². The van der Waals surface area contributed by atoms with Crippen LogP contribution in [-0.2, 0) is 11.3 Å². The lowest BCUT2D eigenvalue weighted by Crippen LogP contribution is -2.49. The van der Waals surface area contributed by atoms with Gasteiger partial charge in [0.05, 0.1) is 17.3 Å². The number of nitrogens with one attached hydrogen (secondary N) is 1. The molecule has 1 amide bonds. The van der Waals surface area contributed by atoms with Gasteiger partial charge in [-0.25, -0.2) is 4.98 Å². The van der Waals surface area contributed by atoms with Crippen molar-refractivity contribution in [3.05, 3.63) is 24.3 Å². The third kappa shape index (κ3) is 3.80. The molecule has 0 bridgehead atoms. The zero-order valence-electron chi connectivity index (χ0n) is 16.6. The first-order valence-electron chi connectivity index (χ1n) is 9.36. The van der Waals surface area contributed by atoms with Gasteiger partial charge in [-0.3, -0.25) is 4.79 Å². The largest absolute Gasteiger partial charge is 0.337 e. The summed E-state index contributed by atoms with van der Waals surface area (Å²) < 4.78 is 2.15. The van der Waals surface area contributed by atoms with Crippen molar-refractivity contribution in [3.63, 3.8) is 0 Å². The van der Waals surface area contributed by atoms with Gasteiger partial charge < -0.3 is 9.88 Å². The zero-order valence-corrected chi connectivity index (χ0v) is 17.4. The minimum atomic E-state index is -0.895. The second kappa shape index (κ2) is 8.15.